The van der Waals surface area contributed by atoms with E-state index in [4.69, 9.17) is 0 Å². The number of amides is 1. The van der Waals surface area contributed by atoms with Gasteiger partial charge in [0.25, 0.3) is 0 Å². The van der Waals surface area contributed by atoms with Gasteiger partial charge in [-0.25, -0.2) is 9.98 Å². The number of hydrogen-bond donors (Lipinski definition) is 1. The predicted octanol–water partition coefficient (Wildman–Crippen LogP) is 1.13. The van der Waals surface area contributed by atoms with Crippen LogP contribution in [0.25, 0.3) is 0 Å². The minimum atomic E-state index is -0.0505. The lowest BCUT2D eigenvalue weighted by molar-refractivity contribution is -0.115. The van der Waals surface area contributed by atoms with Crippen molar-refractivity contribution in [3.05, 3.63) is 18.3 Å². The number of carbonyl (C=O) groups is 1. The first-order valence-electron chi connectivity index (χ1n) is 3.63. The molecule has 0 fully saturated rings. The van der Waals surface area contributed by atoms with E-state index in [9.17, 15) is 4.79 Å². The Kier molecular flexibility index (Phi) is 1.59. The third-order valence-electron chi connectivity index (χ3n) is 1.55. The Morgan fingerprint density at radius 3 is 3.33 bits per heavy atom. The maximum Gasteiger partial charge on any atom is 0.229 e. The summed E-state index contributed by atoms with van der Waals surface area (Å²) in [5.74, 6) is 0.522. The van der Waals surface area contributed by atoms with Crippen LogP contribution in [-0.2, 0) is 4.79 Å². The van der Waals surface area contributed by atoms with E-state index in [0.717, 1.165) is 0 Å². The second kappa shape index (κ2) is 2.73. The van der Waals surface area contributed by atoms with E-state index in [2.05, 4.69) is 15.3 Å². The highest BCUT2D eigenvalue weighted by Gasteiger charge is 2.08. The lowest BCUT2D eigenvalue weighted by Crippen LogP contribution is -2.09. The van der Waals surface area contributed by atoms with Crippen molar-refractivity contribution in [2.24, 2.45) is 4.99 Å². The number of carbonyl (C=O) groups excluding carboxylic acids is 1. The molecule has 0 aliphatic carbocycles. The molecule has 2 heterocycles. The van der Waals surface area contributed by atoms with Crippen molar-refractivity contribution in [3.63, 3.8) is 0 Å². The van der Waals surface area contributed by atoms with Gasteiger partial charge in [0.1, 0.15) is 0 Å². The maximum absolute atomic E-state index is 11.0. The summed E-state index contributed by atoms with van der Waals surface area (Å²) in [6.07, 6.45) is 3.53. The number of nitrogens with zero attached hydrogens (tertiary/aromatic N) is 2. The Labute approximate surface area is 69.3 Å². The summed E-state index contributed by atoms with van der Waals surface area (Å²) in [4.78, 5) is 19.0. The predicted molar refractivity (Wildman–Crippen MR) is 45.6 cm³/mol. The molecule has 12 heavy (non-hydrogen) atoms. The number of anilines is 1. The first-order valence-corrected chi connectivity index (χ1v) is 3.63. The largest absolute Gasteiger partial charge is 0.323 e. The van der Waals surface area contributed by atoms with E-state index in [1.165, 1.54) is 0 Å². The van der Waals surface area contributed by atoms with Crippen LogP contribution in [0.5, 0.6) is 0 Å². The SMILES string of the molecule is O=C1CC=Nc2ncccc2N1. The molecule has 0 radical (unpaired) electrons. The monoisotopic (exact) mass is 161 g/mol. The summed E-state index contributed by atoms with van der Waals surface area (Å²) in [7, 11) is 0. The maximum atomic E-state index is 11.0. The number of rotatable bonds is 0. The highest BCUT2D eigenvalue weighted by atomic mass is 16.1. The van der Waals surface area contributed by atoms with Crippen LogP contribution in [0.15, 0.2) is 23.3 Å². The van der Waals surface area contributed by atoms with Gasteiger partial charge in [-0.1, -0.05) is 0 Å². The first kappa shape index (κ1) is 6.97. The Morgan fingerprint density at radius 2 is 2.42 bits per heavy atom. The van der Waals surface area contributed by atoms with Crippen molar-refractivity contribution in [2.75, 3.05) is 5.32 Å². The molecule has 0 aromatic carbocycles. The van der Waals surface area contributed by atoms with Crippen molar-refractivity contribution >= 4 is 23.6 Å². The minimum Gasteiger partial charge on any atom is -0.323 e. The van der Waals surface area contributed by atoms with Crippen LogP contribution in [-0.4, -0.2) is 17.1 Å². The quantitative estimate of drug-likeness (QED) is 0.620. The first-order chi connectivity index (χ1) is 5.86. The molecule has 4 heteroatoms. The van der Waals surface area contributed by atoms with Crippen molar-refractivity contribution in [3.8, 4) is 0 Å². The van der Waals surface area contributed by atoms with Crippen LogP contribution in [0.4, 0.5) is 11.5 Å². The zero-order valence-corrected chi connectivity index (χ0v) is 6.32. The van der Waals surface area contributed by atoms with Gasteiger partial charge in [0, 0.05) is 12.4 Å². The highest BCUT2D eigenvalue weighted by Crippen LogP contribution is 2.22. The van der Waals surface area contributed by atoms with Gasteiger partial charge in [-0.15, -0.1) is 0 Å². The highest BCUT2D eigenvalue weighted by molar-refractivity contribution is 6.02. The fourth-order valence-corrected chi connectivity index (χ4v) is 1.01. The molecular formula is C8H7N3O. The van der Waals surface area contributed by atoms with Crippen molar-refractivity contribution < 1.29 is 4.79 Å². The van der Waals surface area contributed by atoms with Gasteiger partial charge in [-0.2, -0.15) is 0 Å². The van der Waals surface area contributed by atoms with Gasteiger partial charge in [-0.05, 0) is 12.1 Å². The molecule has 4 nitrogen and oxygen atoms in total. The molecule has 0 atom stereocenters. The molecule has 60 valence electrons. The molecule has 0 saturated heterocycles. The number of aromatic nitrogens is 1. The molecule has 1 aliphatic rings. The molecule has 0 unspecified atom stereocenters. The third-order valence-corrected chi connectivity index (χ3v) is 1.55. The second-order valence-electron chi connectivity index (χ2n) is 2.44. The average Bonchev–Trinajstić information content (AvgIpc) is 2.25. The molecule has 1 amide bonds. The number of hydrogen-bond acceptors (Lipinski definition) is 3. The summed E-state index contributed by atoms with van der Waals surface area (Å²) >= 11 is 0. The number of aliphatic imine (C=N–C) groups is 1. The van der Waals surface area contributed by atoms with Crippen molar-refractivity contribution in [2.45, 2.75) is 6.42 Å². The molecule has 0 bridgehead atoms. The van der Waals surface area contributed by atoms with Gasteiger partial charge in [-0.3, -0.25) is 4.79 Å². The Bertz CT molecular complexity index is 346. The number of fused-ring (bicyclic) bond motifs is 1. The summed E-state index contributed by atoms with van der Waals surface area (Å²) < 4.78 is 0. The Balaban J connectivity index is 2.48. The van der Waals surface area contributed by atoms with Crippen LogP contribution < -0.4 is 5.32 Å². The van der Waals surface area contributed by atoms with E-state index in [1.807, 2.05) is 0 Å². The van der Waals surface area contributed by atoms with Crippen molar-refractivity contribution in [1.29, 1.82) is 0 Å². The molecule has 1 N–H and O–H groups in total. The van der Waals surface area contributed by atoms with E-state index in [-0.39, 0.29) is 5.91 Å². The third kappa shape index (κ3) is 1.18. The smallest absolute Gasteiger partial charge is 0.229 e. The summed E-state index contributed by atoms with van der Waals surface area (Å²) in [5, 5.41) is 2.70. The fraction of sp³-hybridized carbons (Fsp3) is 0.125. The van der Waals surface area contributed by atoms with Gasteiger partial charge >= 0.3 is 0 Å². The zero-order valence-electron chi connectivity index (χ0n) is 6.32. The summed E-state index contributed by atoms with van der Waals surface area (Å²) in [6.45, 7) is 0. The average molecular weight is 161 g/mol. The lowest BCUT2D eigenvalue weighted by atomic mass is 10.4. The van der Waals surface area contributed by atoms with E-state index in [1.54, 1.807) is 24.5 Å². The van der Waals surface area contributed by atoms with E-state index < -0.39 is 0 Å². The normalized spacial score (nSPS) is 14.8. The Morgan fingerprint density at radius 1 is 1.50 bits per heavy atom. The van der Waals surface area contributed by atoms with Crippen LogP contribution in [0.2, 0.25) is 0 Å². The topological polar surface area (TPSA) is 54.4 Å². The van der Waals surface area contributed by atoms with Crippen molar-refractivity contribution in [1.82, 2.24) is 4.98 Å². The zero-order chi connectivity index (χ0) is 8.39. The standard InChI is InChI=1S/C8H7N3O/c12-7-3-5-10-8-6(11-7)2-1-4-9-8/h1-2,4-5H,3H2,(H,11,12). The van der Waals surface area contributed by atoms with Gasteiger partial charge in [0.2, 0.25) is 5.91 Å². The summed E-state index contributed by atoms with van der Waals surface area (Å²) in [6, 6.07) is 3.54. The van der Waals surface area contributed by atoms with Crippen LogP contribution >= 0.6 is 0 Å². The van der Waals surface area contributed by atoms with Gasteiger partial charge < -0.3 is 5.32 Å². The number of nitrogens with one attached hydrogen (secondary N) is 1. The molecule has 2 rings (SSSR count). The van der Waals surface area contributed by atoms with E-state index in [0.29, 0.717) is 17.9 Å². The van der Waals surface area contributed by atoms with Crippen LogP contribution in [0, 0.1) is 0 Å². The molecular weight excluding hydrogens is 154 g/mol. The number of pyridine rings is 1. The molecule has 1 aliphatic heterocycles. The van der Waals surface area contributed by atoms with Crippen LogP contribution in [0.3, 0.4) is 0 Å². The minimum absolute atomic E-state index is 0.0505. The summed E-state index contributed by atoms with van der Waals surface area (Å²) in [5.41, 5.74) is 0.677. The van der Waals surface area contributed by atoms with Gasteiger partial charge in [0.05, 0.1) is 12.1 Å². The van der Waals surface area contributed by atoms with Crippen LogP contribution in [0.1, 0.15) is 6.42 Å². The fourth-order valence-electron chi connectivity index (χ4n) is 1.01. The molecule has 0 spiro atoms. The second-order valence-corrected chi connectivity index (χ2v) is 2.44. The molecule has 0 saturated carbocycles. The Hall–Kier alpha value is -1.71. The van der Waals surface area contributed by atoms with Gasteiger partial charge in [0.15, 0.2) is 5.82 Å². The molecule has 1 aromatic heterocycles. The molecule has 1 aromatic rings. The van der Waals surface area contributed by atoms with E-state index >= 15 is 0 Å². The lowest BCUT2D eigenvalue weighted by Gasteiger charge is -2.01.